The van der Waals surface area contributed by atoms with Crippen molar-refractivity contribution >= 4 is 23.6 Å². The molecule has 8 nitrogen and oxygen atoms in total. The SMILES string of the molecule is C[C@@H](O)[C@H]1C(=O)N2C(C(=O)[O-])=C([C@H]3CCCO3)S[C@H]12.O.O.[Na+]. The zero-order valence-electron chi connectivity index (χ0n) is 12.4. The summed E-state index contributed by atoms with van der Waals surface area (Å²) in [5.41, 5.74) is -0.0659. The Morgan fingerprint density at radius 2 is 2.14 bits per heavy atom. The van der Waals surface area contributed by atoms with Gasteiger partial charge in [-0.1, -0.05) is 11.8 Å². The average molecular weight is 343 g/mol. The fourth-order valence-corrected chi connectivity index (χ4v) is 4.51. The molecule has 3 aliphatic heterocycles. The first kappa shape index (κ1) is 21.9. The zero-order valence-corrected chi connectivity index (χ0v) is 15.2. The molecule has 0 aromatic heterocycles. The van der Waals surface area contributed by atoms with Crippen LogP contribution >= 0.6 is 11.8 Å². The van der Waals surface area contributed by atoms with E-state index in [9.17, 15) is 19.8 Å². The quantitative estimate of drug-likeness (QED) is 0.398. The first-order chi connectivity index (χ1) is 9.02. The second-order valence-electron chi connectivity index (χ2n) is 4.99. The Bertz CT molecular complexity index is 478. The minimum atomic E-state index is -1.35. The zero-order chi connectivity index (χ0) is 13.7. The molecule has 0 aromatic rings. The fraction of sp³-hybridized carbons (Fsp3) is 0.667. The minimum Gasteiger partial charge on any atom is -0.543 e. The van der Waals surface area contributed by atoms with E-state index in [1.165, 1.54) is 16.7 Å². The molecular weight excluding hydrogens is 325 g/mol. The summed E-state index contributed by atoms with van der Waals surface area (Å²) in [6.45, 7) is 2.15. The van der Waals surface area contributed by atoms with E-state index in [4.69, 9.17) is 4.74 Å². The van der Waals surface area contributed by atoms with Gasteiger partial charge in [0.25, 0.3) is 0 Å². The number of amides is 1. The van der Waals surface area contributed by atoms with Crippen LogP contribution in [-0.4, -0.2) is 57.0 Å². The number of carbonyl (C=O) groups is 2. The van der Waals surface area contributed by atoms with Crippen LogP contribution in [0.25, 0.3) is 0 Å². The summed E-state index contributed by atoms with van der Waals surface area (Å²) in [6.07, 6.45) is 0.597. The number of aliphatic hydroxyl groups is 1. The molecule has 120 valence electrons. The van der Waals surface area contributed by atoms with E-state index in [-0.39, 0.29) is 63.6 Å². The number of nitrogens with zero attached hydrogens (tertiary/aromatic N) is 1. The van der Waals surface area contributed by atoms with Crippen LogP contribution in [0.4, 0.5) is 0 Å². The molecule has 10 heteroatoms. The van der Waals surface area contributed by atoms with Crippen LogP contribution in [0.1, 0.15) is 19.8 Å². The second-order valence-corrected chi connectivity index (χ2v) is 6.14. The largest absolute Gasteiger partial charge is 1.00 e. The number of thioether (sulfide) groups is 1. The molecule has 3 rings (SSSR count). The van der Waals surface area contributed by atoms with Crippen LogP contribution in [0, 0.1) is 5.92 Å². The molecule has 2 saturated heterocycles. The monoisotopic (exact) mass is 343 g/mol. The molecule has 3 heterocycles. The summed E-state index contributed by atoms with van der Waals surface area (Å²) in [5.74, 6) is -2.24. The van der Waals surface area contributed by atoms with Gasteiger partial charge in [0.05, 0.1) is 29.8 Å². The molecular formula is C12H18NNaO7S. The summed E-state index contributed by atoms with van der Waals surface area (Å²) in [6, 6.07) is 0. The Morgan fingerprint density at radius 3 is 2.59 bits per heavy atom. The Hall–Kier alpha value is -0.130. The van der Waals surface area contributed by atoms with Crippen molar-refractivity contribution in [3.8, 4) is 0 Å². The third-order valence-electron chi connectivity index (χ3n) is 3.74. The van der Waals surface area contributed by atoms with Crippen LogP contribution in [0.3, 0.4) is 0 Å². The molecule has 0 saturated carbocycles. The maximum atomic E-state index is 11.9. The molecule has 0 spiro atoms. The number of carbonyl (C=O) groups excluding carboxylic acids is 2. The Morgan fingerprint density at radius 1 is 1.50 bits per heavy atom. The predicted octanol–water partition coefficient (Wildman–Crippen LogP) is -5.61. The predicted molar refractivity (Wildman–Crippen MR) is 71.6 cm³/mol. The summed E-state index contributed by atoms with van der Waals surface area (Å²) < 4.78 is 5.50. The molecule has 22 heavy (non-hydrogen) atoms. The number of fused-ring (bicyclic) bond motifs is 1. The normalized spacial score (nSPS) is 30.5. The van der Waals surface area contributed by atoms with Gasteiger partial charge in [-0.05, 0) is 19.8 Å². The van der Waals surface area contributed by atoms with Crippen molar-refractivity contribution in [3.05, 3.63) is 10.6 Å². The number of ether oxygens (including phenoxy) is 1. The van der Waals surface area contributed by atoms with Gasteiger partial charge in [-0.25, -0.2) is 0 Å². The Balaban J connectivity index is 0.00000147. The standard InChI is InChI=1S/C12H15NO5S.Na.2H2O/c1-5(14)7-10(15)13-8(12(16)17)9(19-11(7)13)6-3-2-4-18-6;;;/h5-7,11,14H,2-4H2,1H3,(H,16,17);;2*1H2/q;+1;;/p-1/t5-,6-,7+,11-;;;/m1.../s1. The molecule has 4 atom stereocenters. The van der Waals surface area contributed by atoms with Crippen LogP contribution in [0.5, 0.6) is 0 Å². The number of aliphatic carboxylic acids is 1. The molecule has 0 radical (unpaired) electrons. The van der Waals surface area contributed by atoms with E-state index in [1.54, 1.807) is 6.92 Å². The van der Waals surface area contributed by atoms with Crippen molar-refractivity contribution in [2.45, 2.75) is 37.3 Å². The van der Waals surface area contributed by atoms with Crippen molar-refractivity contribution in [2.75, 3.05) is 6.61 Å². The summed E-state index contributed by atoms with van der Waals surface area (Å²) in [4.78, 5) is 25.0. The van der Waals surface area contributed by atoms with Gasteiger partial charge in [0, 0.05) is 11.5 Å². The number of aliphatic hydroxyl groups excluding tert-OH is 1. The van der Waals surface area contributed by atoms with Crippen LogP contribution < -0.4 is 34.7 Å². The third-order valence-corrected chi connectivity index (χ3v) is 5.20. The number of hydrogen-bond donors (Lipinski definition) is 1. The number of rotatable bonds is 3. The van der Waals surface area contributed by atoms with Gasteiger partial charge in [-0.2, -0.15) is 0 Å². The molecule has 5 N–H and O–H groups in total. The molecule has 0 aliphatic carbocycles. The van der Waals surface area contributed by atoms with E-state index in [0.29, 0.717) is 11.5 Å². The second kappa shape index (κ2) is 8.11. The van der Waals surface area contributed by atoms with E-state index >= 15 is 0 Å². The van der Waals surface area contributed by atoms with E-state index in [2.05, 4.69) is 0 Å². The van der Waals surface area contributed by atoms with Gasteiger partial charge in [-0.15, -0.1) is 0 Å². The first-order valence-corrected chi connectivity index (χ1v) is 7.15. The van der Waals surface area contributed by atoms with Gasteiger partial charge >= 0.3 is 29.6 Å². The molecule has 0 bridgehead atoms. The summed E-state index contributed by atoms with van der Waals surface area (Å²) >= 11 is 1.31. The maximum absolute atomic E-state index is 11.9. The van der Waals surface area contributed by atoms with E-state index < -0.39 is 18.0 Å². The van der Waals surface area contributed by atoms with E-state index in [1.807, 2.05) is 0 Å². The van der Waals surface area contributed by atoms with Crippen molar-refractivity contribution in [1.82, 2.24) is 4.90 Å². The van der Waals surface area contributed by atoms with Gasteiger partial charge < -0.3 is 30.7 Å². The van der Waals surface area contributed by atoms with Crippen LogP contribution in [0.15, 0.2) is 10.6 Å². The first-order valence-electron chi connectivity index (χ1n) is 6.27. The molecule has 0 unspecified atom stereocenters. The van der Waals surface area contributed by atoms with Crippen LogP contribution in [0.2, 0.25) is 0 Å². The number of hydrogen-bond acceptors (Lipinski definition) is 6. The molecule has 2 fully saturated rings. The van der Waals surface area contributed by atoms with Crippen molar-refractivity contribution in [2.24, 2.45) is 5.92 Å². The minimum absolute atomic E-state index is 0. The topological polar surface area (TPSA) is 153 Å². The molecule has 3 aliphatic rings. The van der Waals surface area contributed by atoms with Crippen LogP contribution in [-0.2, 0) is 14.3 Å². The van der Waals surface area contributed by atoms with Gasteiger partial charge in [-0.3, -0.25) is 9.69 Å². The van der Waals surface area contributed by atoms with E-state index in [0.717, 1.165) is 12.8 Å². The molecule has 1 amide bonds. The molecule has 0 aromatic carbocycles. The number of carboxylic acid groups (broad SMARTS) is 1. The Labute approximate surface area is 153 Å². The van der Waals surface area contributed by atoms with Gasteiger partial charge in [0.1, 0.15) is 5.37 Å². The van der Waals surface area contributed by atoms with Crippen molar-refractivity contribution in [1.29, 1.82) is 0 Å². The third kappa shape index (κ3) is 3.22. The summed E-state index contributed by atoms with van der Waals surface area (Å²) in [5, 5.41) is 20.5. The van der Waals surface area contributed by atoms with Gasteiger partial charge in [0.2, 0.25) is 5.91 Å². The Kier molecular flexibility index (Phi) is 8.06. The smallest absolute Gasteiger partial charge is 0.543 e. The fourth-order valence-electron chi connectivity index (χ4n) is 2.81. The maximum Gasteiger partial charge on any atom is 1.00 e. The number of carboxylic acids is 1. The average Bonchev–Trinajstić information content (AvgIpc) is 2.92. The van der Waals surface area contributed by atoms with Crippen molar-refractivity contribution in [3.63, 3.8) is 0 Å². The van der Waals surface area contributed by atoms with Crippen molar-refractivity contribution < 1.29 is 65.0 Å². The number of β-lactam (4-membered cyclic amide) rings is 1. The summed E-state index contributed by atoms with van der Waals surface area (Å²) in [7, 11) is 0. The van der Waals surface area contributed by atoms with Gasteiger partial charge in [0.15, 0.2) is 0 Å².